The zero-order valence-corrected chi connectivity index (χ0v) is 14.5. The third-order valence-corrected chi connectivity index (χ3v) is 6.38. The third kappa shape index (κ3) is 3.60. The number of thiophene rings is 1. The molecule has 3 N–H and O–H groups in total. The Hall–Kier alpha value is 0.100. The maximum atomic E-state index is 5.82. The summed E-state index contributed by atoms with van der Waals surface area (Å²) in [6.07, 6.45) is 5.21. The van der Waals surface area contributed by atoms with Crippen LogP contribution >= 0.6 is 27.3 Å². The van der Waals surface area contributed by atoms with Crippen molar-refractivity contribution < 1.29 is 0 Å². The molecule has 1 saturated carbocycles. The van der Waals surface area contributed by atoms with Crippen molar-refractivity contribution in [2.24, 2.45) is 23.1 Å². The van der Waals surface area contributed by atoms with Crippen molar-refractivity contribution in [1.82, 2.24) is 5.43 Å². The molecule has 0 spiro atoms. The van der Waals surface area contributed by atoms with Gasteiger partial charge in [-0.2, -0.15) is 11.3 Å². The summed E-state index contributed by atoms with van der Waals surface area (Å²) in [4.78, 5) is 0. The molecule has 1 heterocycles. The van der Waals surface area contributed by atoms with Gasteiger partial charge in [0, 0.05) is 9.85 Å². The Morgan fingerprint density at radius 3 is 2.32 bits per heavy atom. The van der Waals surface area contributed by atoms with E-state index in [0.717, 1.165) is 5.92 Å². The van der Waals surface area contributed by atoms with Crippen LogP contribution in [0, 0.1) is 17.3 Å². The topological polar surface area (TPSA) is 38.0 Å². The van der Waals surface area contributed by atoms with E-state index in [-0.39, 0.29) is 0 Å². The molecule has 1 atom stereocenters. The summed E-state index contributed by atoms with van der Waals surface area (Å²) in [6.45, 7) is 7.10. The highest BCUT2D eigenvalue weighted by atomic mass is 79.9. The zero-order valence-electron chi connectivity index (χ0n) is 12.1. The lowest BCUT2D eigenvalue weighted by atomic mass is 9.68. The van der Waals surface area contributed by atoms with E-state index in [9.17, 15) is 0 Å². The van der Waals surface area contributed by atoms with Crippen LogP contribution in [0.3, 0.4) is 0 Å². The molecule has 2 rings (SSSR count). The monoisotopic (exact) mass is 344 g/mol. The molecule has 0 bridgehead atoms. The number of nitrogens with two attached hydrogens (primary N) is 1. The number of hydrogen-bond donors (Lipinski definition) is 2. The maximum absolute atomic E-state index is 5.82. The molecule has 1 fully saturated rings. The van der Waals surface area contributed by atoms with Crippen LogP contribution in [-0.2, 0) is 0 Å². The van der Waals surface area contributed by atoms with Gasteiger partial charge in [-0.25, -0.2) is 0 Å². The van der Waals surface area contributed by atoms with Crippen molar-refractivity contribution in [3.05, 3.63) is 20.8 Å². The first-order chi connectivity index (χ1) is 8.93. The van der Waals surface area contributed by atoms with Crippen LogP contribution in [0.5, 0.6) is 0 Å². The van der Waals surface area contributed by atoms with Gasteiger partial charge in [-0.15, -0.1) is 0 Å². The molecule has 0 radical (unpaired) electrons. The van der Waals surface area contributed by atoms with E-state index in [4.69, 9.17) is 5.84 Å². The van der Waals surface area contributed by atoms with Crippen LogP contribution in [0.1, 0.15) is 58.1 Å². The largest absolute Gasteiger partial charge is 0.271 e. The molecular weight excluding hydrogens is 320 g/mol. The van der Waals surface area contributed by atoms with E-state index < -0.39 is 0 Å². The molecule has 0 amide bonds. The fraction of sp³-hybridized carbons (Fsp3) is 0.733. The van der Waals surface area contributed by atoms with Crippen LogP contribution in [0.15, 0.2) is 15.2 Å². The number of rotatable bonds is 3. The van der Waals surface area contributed by atoms with E-state index in [2.05, 4.69) is 52.9 Å². The lowest BCUT2D eigenvalue weighted by Crippen LogP contribution is -2.36. The first kappa shape index (κ1) is 15.5. The molecule has 1 aliphatic rings. The van der Waals surface area contributed by atoms with Crippen LogP contribution in [0.2, 0.25) is 0 Å². The molecule has 1 unspecified atom stereocenters. The van der Waals surface area contributed by atoms with Gasteiger partial charge in [0.05, 0.1) is 6.04 Å². The summed E-state index contributed by atoms with van der Waals surface area (Å²) < 4.78 is 1.19. The van der Waals surface area contributed by atoms with Gasteiger partial charge in [0.1, 0.15) is 0 Å². The van der Waals surface area contributed by atoms with Gasteiger partial charge in [-0.05, 0) is 69.8 Å². The van der Waals surface area contributed by atoms with Crippen molar-refractivity contribution in [3.63, 3.8) is 0 Å². The summed E-state index contributed by atoms with van der Waals surface area (Å²) in [5.74, 6) is 7.33. The molecule has 1 aliphatic carbocycles. The van der Waals surface area contributed by atoms with Crippen LogP contribution < -0.4 is 11.3 Å². The molecule has 2 nitrogen and oxygen atoms in total. The Balaban J connectivity index is 2.02. The Bertz CT molecular complexity index is 403. The Kier molecular flexibility index (Phi) is 5.09. The third-order valence-electron chi connectivity index (χ3n) is 4.62. The molecular formula is C15H25BrN2S. The second-order valence-electron chi connectivity index (χ2n) is 6.80. The van der Waals surface area contributed by atoms with E-state index in [0.29, 0.717) is 17.4 Å². The summed E-state index contributed by atoms with van der Waals surface area (Å²) in [5.41, 5.74) is 4.81. The molecule has 0 saturated heterocycles. The highest BCUT2D eigenvalue weighted by Crippen LogP contribution is 2.44. The van der Waals surface area contributed by atoms with Gasteiger partial charge in [0.25, 0.3) is 0 Å². The predicted octanol–water partition coefficient (Wildman–Crippen LogP) is 4.87. The van der Waals surface area contributed by atoms with Crippen molar-refractivity contribution >= 4 is 27.3 Å². The summed E-state index contributed by atoms with van der Waals surface area (Å²) in [5, 5.41) is 4.35. The van der Waals surface area contributed by atoms with E-state index in [1.807, 2.05) is 0 Å². The van der Waals surface area contributed by atoms with Crippen molar-refractivity contribution in [2.45, 2.75) is 52.5 Å². The highest BCUT2D eigenvalue weighted by molar-refractivity contribution is 9.10. The fourth-order valence-electron chi connectivity index (χ4n) is 3.31. The normalized spacial score (nSPS) is 26.4. The zero-order chi connectivity index (χ0) is 14.0. The molecule has 1 aromatic heterocycles. The highest BCUT2D eigenvalue weighted by Gasteiger charge is 2.33. The van der Waals surface area contributed by atoms with Crippen LogP contribution in [0.25, 0.3) is 0 Å². The maximum Gasteiger partial charge on any atom is 0.0507 e. The van der Waals surface area contributed by atoms with Gasteiger partial charge >= 0.3 is 0 Å². The average molecular weight is 345 g/mol. The first-order valence-corrected chi connectivity index (χ1v) is 8.84. The quantitative estimate of drug-likeness (QED) is 0.606. The SMILES string of the molecule is CC(C)(C)C1CCC(C(NN)c2cscc2Br)CC1. The number of hydrogen-bond acceptors (Lipinski definition) is 3. The smallest absolute Gasteiger partial charge is 0.0507 e. The number of halogens is 1. The lowest BCUT2D eigenvalue weighted by Gasteiger charge is -2.39. The van der Waals surface area contributed by atoms with Crippen molar-refractivity contribution in [2.75, 3.05) is 0 Å². The van der Waals surface area contributed by atoms with Gasteiger partial charge in [-0.3, -0.25) is 11.3 Å². The van der Waals surface area contributed by atoms with Crippen molar-refractivity contribution in [1.29, 1.82) is 0 Å². The second-order valence-corrected chi connectivity index (χ2v) is 8.40. The van der Waals surface area contributed by atoms with Crippen molar-refractivity contribution in [3.8, 4) is 0 Å². The standard InChI is InChI=1S/C15H25BrN2S/c1-15(2,3)11-6-4-10(5-7-11)14(18-17)12-8-19-9-13(12)16/h8-11,14,18H,4-7,17H2,1-3H3. The molecule has 0 aliphatic heterocycles. The minimum Gasteiger partial charge on any atom is -0.271 e. The Morgan fingerprint density at radius 2 is 1.89 bits per heavy atom. The molecule has 4 heteroatoms. The van der Waals surface area contributed by atoms with E-state index >= 15 is 0 Å². The molecule has 19 heavy (non-hydrogen) atoms. The van der Waals surface area contributed by atoms with Gasteiger partial charge in [0.15, 0.2) is 0 Å². The first-order valence-electron chi connectivity index (χ1n) is 7.11. The van der Waals surface area contributed by atoms with E-state index in [1.165, 1.54) is 35.7 Å². The second kappa shape index (κ2) is 6.25. The molecule has 0 aromatic carbocycles. The minimum absolute atomic E-state index is 0.293. The van der Waals surface area contributed by atoms with E-state index in [1.54, 1.807) is 11.3 Å². The molecule has 108 valence electrons. The lowest BCUT2D eigenvalue weighted by molar-refractivity contribution is 0.132. The van der Waals surface area contributed by atoms with Crippen LogP contribution in [-0.4, -0.2) is 0 Å². The number of hydrazine groups is 1. The summed E-state index contributed by atoms with van der Waals surface area (Å²) >= 11 is 5.37. The summed E-state index contributed by atoms with van der Waals surface area (Å²) in [6, 6.07) is 0.293. The average Bonchev–Trinajstić information content (AvgIpc) is 2.76. The predicted molar refractivity (Wildman–Crippen MR) is 87.0 cm³/mol. The Labute approximate surface area is 129 Å². The Morgan fingerprint density at radius 1 is 1.26 bits per heavy atom. The minimum atomic E-state index is 0.293. The van der Waals surface area contributed by atoms with Gasteiger partial charge < -0.3 is 0 Å². The van der Waals surface area contributed by atoms with Crippen LogP contribution in [0.4, 0.5) is 0 Å². The van der Waals surface area contributed by atoms with Gasteiger partial charge in [0.2, 0.25) is 0 Å². The molecule has 1 aromatic rings. The number of nitrogens with one attached hydrogen (secondary N) is 1. The fourth-order valence-corrected chi connectivity index (χ4v) is 4.89. The van der Waals surface area contributed by atoms with Gasteiger partial charge in [-0.1, -0.05) is 20.8 Å². The summed E-state index contributed by atoms with van der Waals surface area (Å²) in [7, 11) is 0.